The fraction of sp³-hybridized carbons (Fsp3) is 0.800. The maximum atomic E-state index is 4.44. The van der Waals surface area contributed by atoms with Crippen LogP contribution in [0.15, 0.2) is 0 Å². The number of hydrogen-bond donors (Lipinski definition) is 1. The number of hydrogen-bond acceptors (Lipinski definition) is 3. The first-order chi connectivity index (χ1) is 8.93. The Balaban J connectivity index is 2.18. The summed E-state index contributed by atoms with van der Waals surface area (Å²) in [5, 5.41) is 7.97. The first-order valence-electron chi connectivity index (χ1n) is 7.33. The van der Waals surface area contributed by atoms with Crippen LogP contribution in [0.1, 0.15) is 43.6 Å². The third-order valence-corrected chi connectivity index (χ3v) is 3.96. The number of aromatic nitrogens is 2. The van der Waals surface area contributed by atoms with E-state index in [0.717, 1.165) is 18.8 Å². The second-order valence-corrected chi connectivity index (χ2v) is 5.73. The molecule has 0 aliphatic rings. The predicted octanol–water partition coefficient (Wildman–Crippen LogP) is 2.25. The molecule has 0 aliphatic carbocycles. The molecule has 0 saturated heterocycles. The first-order valence-corrected chi connectivity index (χ1v) is 7.33. The summed E-state index contributed by atoms with van der Waals surface area (Å²) >= 11 is 0. The number of nitrogens with one attached hydrogen (secondary N) is 1. The largest absolute Gasteiger partial charge is 0.313 e. The molecule has 4 nitrogen and oxygen atoms in total. The Hall–Kier alpha value is -0.870. The highest BCUT2D eigenvalue weighted by atomic mass is 15.3. The van der Waals surface area contributed by atoms with Gasteiger partial charge in [-0.05, 0) is 60.7 Å². The van der Waals surface area contributed by atoms with E-state index < -0.39 is 0 Å². The monoisotopic (exact) mass is 266 g/mol. The molecule has 0 radical (unpaired) electrons. The van der Waals surface area contributed by atoms with Gasteiger partial charge in [0, 0.05) is 30.9 Å². The van der Waals surface area contributed by atoms with Crippen molar-refractivity contribution < 1.29 is 0 Å². The average Bonchev–Trinajstić information content (AvgIpc) is 2.58. The van der Waals surface area contributed by atoms with Gasteiger partial charge in [0.15, 0.2) is 0 Å². The van der Waals surface area contributed by atoms with E-state index >= 15 is 0 Å². The van der Waals surface area contributed by atoms with Crippen LogP contribution in [0.4, 0.5) is 0 Å². The summed E-state index contributed by atoms with van der Waals surface area (Å²) in [5.74, 6) is 0. The lowest BCUT2D eigenvalue weighted by molar-refractivity contribution is 0.268. The van der Waals surface area contributed by atoms with Gasteiger partial charge in [0.2, 0.25) is 0 Å². The van der Waals surface area contributed by atoms with Crippen LogP contribution in [-0.2, 0) is 13.6 Å². The summed E-state index contributed by atoms with van der Waals surface area (Å²) in [6, 6.07) is 0.647. The summed E-state index contributed by atoms with van der Waals surface area (Å²) < 4.78 is 1.96. The van der Waals surface area contributed by atoms with E-state index in [1.54, 1.807) is 0 Å². The van der Waals surface area contributed by atoms with E-state index in [4.69, 9.17) is 0 Å². The SMILES string of the molecule is Cc1nn(C)c(C)c1CNCCCCN(C)C(C)C. The maximum absolute atomic E-state index is 4.44. The van der Waals surface area contributed by atoms with Crippen molar-refractivity contribution in [2.24, 2.45) is 7.05 Å². The molecule has 0 aromatic carbocycles. The van der Waals surface area contributed by atoms with Gasteiger partial charge in [-0.1, -0.05) is 0 Å². The topological polar surface area (TPSA) is 33.1 Å². The summed E-state index contributed by atoms with van der Waals surface area (Å²) in [7, 11) is 4.20. The summed E-state index contributed by atoms with van der Waals surface area (Å²) in [4.78, 5) is 2.40. The Morgan fingerprint density at radius 1 is 1.26 bits per heavy atom. The second-order valence-electron chi connectivity index (χ2n) is 5.73. The molecule has 1 rings (SSSR count). The Morgan fingerprint density at radius 2 is 1.95 bits per heavy atom. The van der Waals surface area contributed by atoms with Gasteiger partial charge in [0.1, 0.15) is 0 Å². The quantitative estimate of drug-likeness (QED) is 0.733. The third-order valence-electron chi connectivity index (χ3n) is 3.96. The van der Waals surface area contributed by atoms with Crippen molar-refractivity contribution in [3.8, 4) is 0 Å². The van der Waals surface area contributed by atoms with Crippen LogP contribution in [0.5, 0.6) is 0 Å². The molecule has 19 heavy (non-hydrogen) atoms. The lowest BCUT2D eigenvalue weighted by atomic mass is 10.2. The number of nitrogens with zero attached hydrogens (tertiary/aromatic N) is 3. The van der Waals surface area contributed by atoms with Gasteiger partial charge in [-0.25, -0.2) is 0 Å². The molecule has 0 atom stereocenters. The summed E-state index contributed by atoms with van der Waals surface area (Å²) in [5.41, 5.74) is 3.76. The van der Waals surface area contributed by atoms with Gasteiger partial charge in [0.25, 0.3) is 0 Å². The molecule has 0 amide bonds. The molecule has 0 aliphatic heterocycles. The molecular formula is C15H30N4. The fourth-order valence-electron chi connectivity index (χ4n) is 2.16. The zero-order valence-corrected chi connectivity index (χ0v) is 13.5. The molecular weight excluding hydrogens is 236 g/mol. The number of aryl methyl sites for hydroxylation is 2. The van der Waals surface area contributed by atoms with Crippen LogP contribution >= 0.6 is 0 Å². The van der Waals surface area contributed by atoms with Gasteiger partial charge in [-0.15, -0.1) is 0 Å². The van der Waals surface area contributed by atoms with E-state index in [2.05, 4.69) is 50.1 Å². The lowest BCUT2D eigenvalue weighted by Gasteiger charge is -2.20. The Kier molecular flexibility index (Phi) is 6.52. The van der Waals surface area contributed by atoms with Crippen molar-refractivity contribution in [3.05, 3.63) is 17.0 Å². The zero-order chi connectivity index (χ0) is 14.4. The minimum Gasteiger partial charge on any atom is -0.313 e. The van der Waals surface area contributed by atoms with Crippen LogP contribution in [0.2, 0.25) is 0 Å². The molecule has 4 heteroatoms. The highest BCUT2D eigenvalue weighted by Gasteiger charge is 2.08. The first kappa shape index (κ1) is 16.2. The Morgan fingerprint density at radius 3 is 2.47 bits per heavy atom. The smallest absolute Gasteiger partial charge is 0.0641 e. The molecule has 1 aromatic rings. The Labute approximate surface area is 118 Å². The normalized spacial score (nSPS) is 11.8. The zero-order valence-electron chi connectivity index (χ0n) is 13.5. The maximum Gasteiger partial charge on any atom is 0.0641 e. The average molecular weight is 266 g/mol. The molecule has 1 N–H and O–H groups in total. The fourth-order valence-corrected chi connectivity index (χ4v) is 2.16. The number of unbranched alkanes of at least 4 members (excludes halogenated alkanes) is 1. The summed E-state index contributed by atoms with van der Waals surface area (Å²) in [6.45, 7) is 11.9. The van der Waals surface area contributed by atoms with Crippen LogP contribution in [0, 0.1) is 13.8 Å². The molecule has 0 saturated carbocycles. The van der Waals surface area contributed by atoms with Gasteiger partial charge in [-0.2, -0.15) is 5.10 Å². The highest BCUT2D eigenvalue weighted by Crippen LogP contribution is 2.11. The van der Waals surface area contributed by atoms with Crippen molar-refractivity contribution in [2.45, 2.75) is 53.1 Å². The third kappa shape index (κ3) is 4.96. The van der Waals surface area contributed by atoms with E-state index in [0.29, 0.717) is 6.04 Å². The van der Waals surface area contributed by atoms with Crippen LogP contribution in [0.3, 0.4) is 0 Å². The van der Waals surface area contributed by atoms with Crippen molar-refractivity contribution in [1.29, 1.82) is 0 Å². The molecule has 0 fully saturated rings. The van der Waals surface area contributed by atoms with Crippen molar-refractivity contribution in [2.75, 3.05) is 20.1 Å². The van der Waals surface area contributed by atoms with Gasteiger partial charge >= 0.3 is 0 Å². The molecule has 0 bridgehead atoms. The van der Waals surface area contributed by atoms with Crippen molar-refractivity contribution >= 4 is 0 Å². The Bertz CT molecular complexity index is 382. The van der Waals surface area contributed by atoms with Crippen molar-refractivity contribution in [3.63, 3.8) is 0 Å². The minimum atomic E-state index is 0.647. The molecule has 1 heterocycles. The van der Waals surface area contributed by atoms with Crippen LogP contribution in [0.25, 0.3) is 0 Å². The molecule has 0 spiro atoms. The van der Waals surface area contributed by atoms with E-state index in [-0.39, 0.29) is 0 Å². The van der Waals surface area contributed by atoms with Gasteiger partial charge in [0.05, 0.1) is 5.69 Å². The van der Waals surface area contributed by atoms with Crippen LogP contribution in [-0.4, -0.2) is 40.9 Å². The van der Waals surface area contributed by atoms with E-state index in [9.17, 15) is 0 Å². The van der Waals surface area contributed by atoms with E-state index in [1.807, 2.05) is 11.7 Å². The predicted molar refractivity (Wildman–Crippen MR) is 81.4 cm³/mol. The number of rotatable bonds is 8. The standard InChI is InChI=1S/C15H30N4/c1-12(2)18(5)10-8-7-9-16-11-15-13(3)17-19(6)14(15)4/h12,16H,7-11H2,1-6H3. The van der Waals surface area contributed by atoms with Crippen molar-refractivity contribution in [1.82, 2.24) is 20.0 Å². The summed E-state index contributed by atoms with van der Waals surface area (Å²) in [6.07, 6.45) is 2.49. The molecule has 1 aromatic heterocycles. The molecule has 0 unspecified atom stereocenters. The lowest BCUT2D eigenvalue weighted by Crippen LogP contribution is -2.27. The minimum absolute atomic E-state index is 0.647. The highest BCUT2D eigenvalue weighted by molar-refractivity contribution is 5.23. The van der Waals surface area contributed by atoms with Gasteiger partial charge < -0.3 is 10.2 Å². The van der Waals surface area contributed by atoms with E-state index in [1.165, 1.54) is 30.6 Å². The molecule has 110 valence electrons. The van der Waals surface area contributed by atoms with Gasteiger partial charge in [-0.3, -0.25) is 4.68 Å². The van der Waals surface area contributed by atoms with Crippen LogP contribution < -0.4 is 5.32 Å². The second kappa shape index (κ2) is 7.65.